The maximum Gasteiger partial charge on any atom is 0.242 e. The van der Waals surface area contributed by atoms with Crippen molar-refractivity contribution in [3.05, 3.63) is 0 Å². The smallest absolute Gasteiger partial charge is 0.242 e. The summed E-state index contributed by atoms with van der Waals surface area (Å²) in [6.07, 6.45) is 1.20. The first-order chi connectivity index (χ1) is 10.2. The highest BCUT2D eigenvalue weighted by Gasteiger charge is 2.29. The molecule has 1 aliphatic heterocycles. The molecule has 8 heteroatoms. The molecule has 7 nitrogen and oxygen atoms in total. The summed E-state index contributed by atoms with van der Waals surface area (Å²) in [6, 6.07) is 0. The summed E-state index contributed by atoms with van der Waals surface area (Å²) in [5.41, 5.74) is -1.04. The number of halogens is 1. The predicted octanol–water partition coefficient (Wildman–Crippen LogP) is 0.616. The quantitative estimate of drug-likeness (QED) is 0.285. The summed E-state index contributed by atoms with van der Waals surface area (Å²) in [6.45, 7) is 10.0. The van der Waals surface area contributed by atoms with Crippen molar-refractivity contribution in [1.29, 1.82) is 0 Å². The third-order valence-electron chi connectivity index (χ3n) is 3.25. The van der Waals surface area contributed by atoms with Gasteiger partial charge in [-0.3, -0.25) is 4.79 Å². The summed E-state index contributed by atoms with van der Waals surface area (Å²) in [7, 11) is 0. The molecule has 0 aromatic carbocycles. The van der Waals surface area contributed by atoms with Crippen LogP contribution in [-0.2, 0) is 9.53 Å². The van der Waals surface area contributed by atoms with Crippen molar-refractivity contribution in [2.24, 2.45) is 4.99 Å². The fraction of sp³-hybridized carbons (Fsp3) is 0.867. The molecule has 0 radical (unpaired) electrons. The van der Waals surface area contributed by atoms with E-state index in [1.54, 1.807) is 0 Å². The second-order valence-corrected chi connectivity index (χ2v) is 6.68. The van der Waals surface area contributed by atoms with Gasteiger partial charge in [-0.15, -0.1) is 24.0 Å². The first-order valence-corrected chi connectivity index (χ1v) is 7.87. The van der Waals surface area contributed by atoms with Crippen LogP contribution in [0.1, 0.15) is 40.5 Å². The largest absolute Gasteiger partial charge is 0.388 e. The van der Waals surface area contributed by atoms with Gasteiger partial charge < -0.3 is 25.8 Å². The summed E-state index contributed by atoms with van der Waals surface area (Å²) in [5, 5.41) is 19.5. The van der Waals surface area contributed by atoms with Crippen LogP contribution in [0.25, 0.3) is 0 Å². The first-order valence-electron chi connectivity index (χ1n) is 7.87. The average molecular weight is 442 g/mol. The molecule has 136 valence electrons. The highest BCUT2D eigenvalue weighted by Crippen LogP contribution is 2.19. The molecular weight excluding hydrogens is 411 g/mol. The summed E-state index contributed by atoms with van der Waals surface area (Å²) in [5.74, 6) is 0.404. The molecule has 4 N–H and O–H groups in total. The van der Waals surface area contributed by atoms with Gasteiger partial charge in [-0.05, 0) is 27.7 Å². The third kappa shape index (κ3) is 9.98. The van der Waals surface area contributed by atoms with E-state index < -0.39 is 5.60 Å². The zero-order valence-corrected chi connectivity index (χ0v) is 16.9. The minimum absolute atomic E-state index is 0. The van der Waals surface area contributed by atoms with Gasteiger partial charge in [-0.1, -0.05) is 0 Å². The number of guanidine groups is 1. The van der Waals surface area contributed by atoms with Crippen LogP contribution < -0.4 is 16.0 Å². The van der Waals surface area contributed by atoms with E-state index in [1.165, 1.54) is 0 Å². The van der Waals surface area contributed by atoms with Crippen molar-refractivity contribution in [1.82, 2.24) is 16.0 Å². The number of nitrogens with zero attached hydrogens (tertiary/aromatic N) is 1. The van der Waals surface area contributed by atoms with Crippen LogP contribution >= 0.6 is 24.0 Å². The molecule has 1 amide bonds. The number of amides is 1. The van der Waals surface area contributed by atoms with Crippen molar-refractivity contribution in [3.8, 4) is 0 Å². The van der Waals surface area contributed by atoms with Gasteiger partial charge >= 0.3 is 0 Å². The number of rotatable bonds is 5. The Balaban J connectivity index is 0.00000484. The lowest BCUT2D eigenvalue weighted by atomic mass is 9.94. The molecule has 0 atom stereocenters. The number of hydrogen-bond acceptors (Lipinski definition) is 4. The Morgan fingerprint density at radius 2 is 1.87 bits per heavy atom. The molecular formula is C15H31IN4O3. The monoisotopic (exact) mass is 442 g/mol. The number of ether oxygens (including phenoxy) is 1. The van der Waals surface area contributed by atoms with Gasteiger partial charge in [0.05, 0.1) is 5.60 Å². The van der Waals surface area contributed by atoms with Crippen LogP contribution in [0.3, 0.4) is 0 Å². The van der Waals surface area contributed by atoms with E-state index in [1.807, 2.05) is 27.7 Å². The van der Waals surface area contributed by atoms with E-state index in [0.29, 0.717) is 45.1 Å². The van der Waals surface area contributed by atoms with Gasteiger partial charge in [-0.2, -0.15) is 0 Å². The van der Waals surface area contributed by atoms with E-state index in [4.69, 9.17) is 4.74 Å². The van der Waals surface area contributed by atoms with Crippen molar-refractivity contribution in [2.75, 3.05) is 32.8 Å². The van der Waals surface area contributed by atoms with Crippen molar-refractivity contribution >= 4 is 35.8 Å². The molecule has 1 heterocycles. The Morgan fingerprint density at radius 1 is 1.26 bits per heavy atom. The topological polar surface area (TPSA) is 95.0 Å². The van der Waals surface area contributed by atoms with Gasteiger partial charge in [0.25, 0.3) is 0 Å². The zero-order chi connectivity index (χ0) is 16.6. The molecule has 1 aliphatic rings. The molecule has 0 spiro atoms. The molecule has 0 bridgehead atoms. The predicted molar refractivity (Wildman–Crippen MR) is 102 cm³/mol. The molecule has 1 saturated heterocycles. The second-order valence-electron chi connectivity index (χ2n) is 6.68. The molecule has 0 aromatic heterocycles. The fourth-order valence-corrected chi connectivity index (χ4v) is 2.13. The van der Waals surface area contributed by atoms with Crippen LogP contribution in [0.15, 0.2) is 4.99 Å². The SMILES string of the molecule is CCNC(=NCC(=O)NC(C)(C)C)NCC1(O)CCOCC1.I. The Hall–Kier alpha value is -0.610. The van der Waals surface area contributed by atoms with Crippen LogP contribution in [0.5, 0.6) is 0 Å². The number of aliphatic imine (C=N–C) groups is 1. The highest BCUT2D eigenvalue weighted by molar-refractivity contribution is 14.0. The lowest BCUT2D eigenvalue weighted by Gasteiger charge is -2.32. The van der Waals surface area contributed by atoms with Crippen LogP contribution in [0, 0.1) is 0 Å². The van der Waals surface area contributed by atoms with Gasteiger partial charge in [0.2, 0.25) is 5.91 Å². The van der Waals surface area contributed by atoms with Crippen LogP contribution in [0.2, 0.25) is 0 Å². The molecule has 23 heavy (non-hydrogen) atoms. The minimum Gasteiger partial charge on any atom is -0.388 e. The second kappa shape index (κ2) is 10.3. The summed E-state index contributed by atoms with van der Waals surface area (Å²) >= 11 is 0. The first kappa shape index (κ1) is 22.4. The van der Waals surface area contributed by atoms with Gasteiger partial charge in [-0.25, -0.2) is 4.99 Å². The molecule has 0 saturated carbocycles. The Bertz CT molecular complexity index is 391. The van der Waals surface area contributed by atoms with E-state index in [9.17, 15) is 9.90 Å². The van der Waals surface area contributed by atoms with E-state index in [2.05, 4.69) is 20.9 Å². The molecule has 0 unspecified atom stereocenters. The molecule has 1 fully saturated rings. The normalized spacial score (nSPS) is 17.9. The molecule has 0 aromatic rings. The number of carbonyl (C=O) groups excluding carboxylic acids is 1. The molecule has 1 rings (SSSR count). The van der Waals surface area contributed by atoms with Gasteiger partial charge in [0, 0.05) is 44.7 Å². The third-order valence-corrected chi connectivity index (χ3v) is 3.25. The van der Waals surface area contributed by atoms with Gasteiger partial charge in [0.15, 0.2) is 5.96 Å². The lowest BCUT2D eigenvalue weighted by molar-refractivity contribution is -0.121. The van der Waals surface area contributed by atoms with Crippen molar-refractivity contribution in [2.45, 2.75) is 51.7 Å². The van der Waals surface area contributed by atoms with E-state index in [0.717, 1.165) is 0 Å². The van der Waals surface area contributed by atoms with Crippen LogP contribution in [0.4, 0.5) is 0 Å². The summed E-state index contributed by atoms with van der Waals surface area (Å²) in [4.78, 5) is 16.0. The molecule has 0 aliphatic carbocycles. The number of hydrogen-bond donors (Lipinski definition) is 4. The fourth-order valence-electron chi connectivity index (χ4n) is 2.13. The van der Waals surface area contributed by atoms with E-state index >= 15 is 0 Å². The zero-order valence-electron chi connectivity index (χ0n) is 14.6. The average Bonchev–Trinajstić information content (AvgIpc) is 2.41. The standard InChI is InChI=1S/C15H30N4O3.HI/c1-5-16-13(17-10-12(20)19-14(2,3)4)18-11-15(21)6-8-22-9-7-15;/h21H,5-11H2,1-4H3,(H,19,20)(H2,16,17,18);1H. The van der Waals surface area contributed by atoms with Gasteiger partial charge in [0.1, 0.15) is 6.54 Å². The number of aliphatic hydroxyl groups is 1. The minimum atomic E-state index is -0.776. The van der Waals surface area contributed by atoms with E-state index in [-0.39, 0.29) is 42.0 Å². The Labute approximate surface area is 156 Å². The Morgan fingerprint density at radius 3 is 2.39 bits per heavy atom. The van der Waals surface area contributed by atoms with Crippen LogP contribution in [-0.4, -0.2) is 61.0 Å². The highest BCUT2D eigenvalue weighted by atomic mass is 127. The Kier molecular flexibility index (Phi) is 10.0. The maximum atomic E-state index is 11.8. The number of nitrogens with one attached hydrogen (secondary N) is 3. The number of carbonyl (C=O) groups is 1. The van der Waals surface area contributed by atoms with Crippen molar-refractivity contribution < 1.29 is 14.6 Å². The maximum absolute atomic E-state index is 11.8. The lowest BCUT2D eigenvalue weighted by Crippen LogP contribution is -2.50. The summed E-state index contributed by atoms with van der Waals surface area (Å²) < 4.78 is 5.26. The van der Waals surface area contributed by atoms with Crippen molar-refractivity contribution in [3.63, 3.8) is 0 Å².